The van der Waals surface area contributed by atoms with Gasteiger partial charge in [-0.3, -0.25) is 9.97 Å². The zero-order chi connectivity index (χ0) is 34.9. The van der Waals surface area contributed by atoms with Gasteiger partial charge >= 0.3 is 0 Å². The molecule has 0 fully saturated rings. The van der Waals surface area contributed by atoms with Gasteiger partial charge in [0.1, 0.15) is 6.07 Å². The van der Waals surface area contributed by atoms with Crippen LogP contribution in [0.4, 0.5) is 11.4 Å². The van der Waals surface area contributed by atoms with Crippen LogP contribution in [0.3, 0.4) is 0 Å². The molecule has 0 aliphatic rings. The third kappa shape index (κ3) is 4.51. The molecular weight excluding hydrogens is 548 g/mol. The summed E-state index contributed by atoms with van der Waals surface area (Å²) in [6, 6.07) is 13.1. The topological polar surface area (TPSA) is 158 Å². The van der Waals surface area contributed by atoms with Gasteiger partial charge in [-0.2, -0.15) is 26.3 Å². The Morgan fingerprint density at radius 3 is 1.77 bits per heavy atom. The number of fused-ring (bicyclic) bond motifs is 3. The lowest BCUT2D eigenvalue weighted by Gasteiger charge is -2.08. The van der Waals surface area contributed by atoms with Gasteiger partial charge in [-0.15, -0.1) is 0 Å². The third-order valence-corrected chi connectivity index (χ3v) is 6.41. The molecule has 0 spiro atoms. The van der Waals surface area contributed by atoms with Crippen LogP contribution >= 0.6 is 0 Å². The van der Waals surface area contributed by atoms with Crippen LogP contribution in [-0.2, 0) is 0 Å². The largest absolute Gasteiger partial charge is 0.255 e. The smallest absolute Gasteiger partial charge is 0.194 e. The number of nitriles is 5. The third-order valence-electron chi connectivity index (χ3n) is 6.41. The minimum Gasteiger partial charge on any atom is -0.255 e. The molecule has 0 saturated heterocycles. The number of pyridine rings is 2. The molecule has 0 amide bonds. The van der Waals surface area contributed by atoms with Gasteiger partial charge in [0.2, 0.25) is 0 Å². The SMILES string of the molecule is [2H]c1c(C#N)c([2H])c([N+]#[C-])c(/C([N+]#[C-])=c2\cnc3c(ccc4c/c(=C(/C#N)c5c(C#N)c([2H])c([N+]#[C-])c([2H])c5C#N)cnc43)c2)c1C#N. The average Bonchev–Trinajstić information content (AvgIpc) is 3.09. The summed E-state index contributed by atoms with van der Waals surface area (Å²) in [6.07, 6.45) is 2.61. The van der Waals surface area contributed by atoms with Crippen LogP contribution in [0.15, 0.2) is 60.8 Å². The molecule has 5 aromatic rings. The van der Waals surface area contributed by atoms with Crippen molar-refractivity contribution in [2.45, 2.75) is 0 Å². The van der Waals surface area contributed by atoms with E-state index in [0.717, 1.165) is 0 Å². The molecule has 5 rings (SSSR count). The van der Waals surface area contributed by atoms with E-state index in [4.69, 9.17) is 25.2 Å². The molecule has 0 saturated carbocycles. The molecule has 0 aliphatic heterocycles. The highest BCUT2D eigenvalue weighted by atomic mass is 14.8. The Hall–Kier alpha value is -7.86. The van der Waals surface area contributed by atoms with E-state index in [0.29, 0.717) is 21.8 Å². The van der Waals surface area contributed by atoms with Gasteiger partial charge in [-0.05, 0) is 35.5 Å². The Morgan fingerprint density at radius 1 is 0.705 bits per heavy atom. The minimum atomic E-state index is -0.570. The van der Waals surface area contributed by atoms with Crippen molar-refractivity contribution in [2.75, 3.05) is 0 Å². The van der Waals surface area contributed by atoms with E-state index in [1.54, 1.807) is 48.5 Å². The van der Waals surface area contributed by atoms with E-state index < -0.39 is 57.8 Å². The summed E-state index contributed by atoms with van der Waals surface area (Å²) in [5, 5.41) is 50.2. The molecule has 10 heteroatoms. The minimum absolute atomic E-state index is 0.167. The van der Waals surface area contributed by atoms with Gasteiger partial charge in [-0.25, -0.2) is 14.5 Å². The summed E-state index contributed by atoms with van der Waals surface area (Å²) in [5.74, 6) is 0. The molecule has 0 atom stereocenters. The average molecular weight is 563 g/mol. The molecule has 0 bridgehead atoms. The highest BCUT2D eigenvalue weighted by molar-refractivity contribution is 6.03. The van der Waals surface area contributed by atoms with Crippen molar-refractivity contribution in [2.24, 2.45) is 0 Å². The van der Waals surface area contributed by atoms with Gasteiger partial charge in [0.15, 0.2) is 17.1 Å². The Morgan fingerprint density at radius 2 is 1.27 bits per heavy atom. The van der Waals surface area contributed by atoms with E-state index in [-0.39, 0.29) is 32.8 Å². The van der Waals surface area contributed by atoms with Crippen LogP contribution in [0, 0.1) is 76.4 Å². The van der Waals surface area contributed by atoms with Gasteiger partial charge in [0.25, 0.3) is 0 Å². The van der Waals surface area contributed by atoms with Crippen LogP contribution in [-0.4, -0.2) is 9.97 Å². The van der Waals surface area contributed by atoms with Crippen molar-refractivity contribution in [1.82, 2.24) is 9.97 Å². The molecule has 2 aromatic heterocycles. The van der Waals surface area contributed by atoms with E-state index in [9.17, 15) is 26.3 Å². The molecule has 0 radical (unpaired) electrons. The van der Waals surface area contributed by atoms with Gasteiger partial charge in [0, 0.05) is 50.6 Å². The van der Waals surface area contributed by atoms with Crippen LogP contribution in [0.25, 0.3) is 47.6 Å². The van der Waals surface area contributed by atoms with Crippen LogP contribution in [0.1, 0.15) is 38.9 Å². The summed E-state index contributed by atoms with van der Waals surface area (Å²) < 4.78 is 33.0. The first kappa shape index (κ1) is 22.9. The summed E-state index contributed by atoms with van der Waals surface area (Å²) in [6.45, 7) is 22.7. The Labute approximate surface area is 255 Å². The lowest BCUT2D eigenvalue weighted by Crippen LogP contribution is -2.10. The molecule has 10 nitrogen and oxygen atoms in total. The van der Waals surface area contributed by atoms with Crippen LogP contribution in [0.5, 0.6) is 0 Å². The fourth-order valence-electron chi connectivity index (χ4n) is 4.55. The number of nitrogens with zero attached hydrogens (tertiary/aromatic N) is 10. The van der Waals surface area contributed by atoms with Crippen molar-refractivity contribution in [3.63, 3.8) is 0 Å². The van der Waals surface area contributed by atoms with E-state index in [1.807, 2.05) is 6.07 Å². The number of aromatic nitrogens is 2. The fourth-order valence-corrected chi connectivity index (χ4v) is 4.55. The van der Waals surface area contributed by atoms with Gasteiger partial charge < -0.3 is 0 Å². The Balaban J connectivity index is 1.82. The second-order valence-electron chi connectivity index (χ2n) is 8.72. The summed E-state index contributed by atoms with van der Waals surface area (Å²) in [5.41, 5.74) is -2.75. The molecular formula is C34H10N10. The second kappa shape index (κ2) is 11.3. The molecule has 196 valence electrons. The molecule has 0 unspecified atom stereocenters. The van der Waals surface area contributed by atoms with E-state index >= 15 is 0 Å². The lowest BCUT2D eigenvalue weighted by molar-refractivity contribution is 1.33. The number of rotatable bonds is 2. The standard InChI is InChI=1S/C34H10N10/c1-40-27-10-23(14-37)30(24(11-27)15-38)28(16-39)25-8-20-4-5-21-9-26(18-44-34(21)33(20)43-17-25)32(42-3)31-22(13-36)6-19(12-35)7-29(31)41-2/h4-11,17-18H/b28-25+,32-26+/i6D,7D,10D,11D. The predicted octanol–water partition coefficient (Wildman–Crippen LogP) is 5.17. The monoisotopic (exact) mass is 562 g/mol. The molecule has 0 aliphatic carbocycles. The highest BCUT2D eigenvalue weighted by Crippen LogP contribution is 2.32. The van der Waals surface area contributed by atoms with Gasteiger partial charge in [0.05, 0.1) is 77.2 Å². The van der Waals surface area contributed by atoms with Crippen molar-refractivity contribution < 1.29 is 5.48 Å². The summed E-state index contributed by atoms with van der Waals surface area (Å²) >= 11 is 0. The maximum Gasteiger partial charge on any atom is 0.194 e. The molecule has 3 aromatic carbocycles. The second-order valence-corrected chi connectivity index (χ2v) is 8.72. The van der Waals surface area contributed by atoms with Crippen LogP contribution in [0.2, 0.25) is 0 Å². The summed E-state index contributed by atoms with van der Waals surface area (Å²) in [7, 11) is 0. The predicted molar refractivity (Wildman–Crippen MR) is 158 cm³/mol. The first-order valence-corrected chi connectivity index (χ1v) is 12.1. The zero-order valence-electron chi connectivity index (χ0n) is 25.9. The van der Waals surface area contributed by atoms with Crippen LogP contribution < -0.4 is 10.4 Å². The Kier molecular flexibility index (Phi) is 5.89. The molecule has 44 heavy (non-hydrogen) atoms. The first-order chi connectivity index (χ1) is 23.1. The van der Waals surface area contributed by atoms with Crippen molar-refractivity contribution in [3.8, 4) is 30.3 Å². The first-order valence-electron chi connectivity index (χ1n) is 14.1. The number of hydrogen-bond donors (Lipinski definition) is 0. The summed E-state index contributed by atoms with van der Waals surface area (Å²) in [4.78, 5) is 18.9. The lowest BCUT2D eigenvalue weighted by atomic mass is 9.93. The quantitative estimate of drug-likeness (QED) is 0.212. The fraction of sp³-hybridized carbons (Fsp3) is 0. The zero-order valence-corrected chi connectivity index (χ0v) is 21.9. The van der Waals surface area contributed by atoms with Crippen molar-refractivity contribution in [3.05, 3.63) is 139 Å². The van der Waals surface area contributed by atoms with Crippen molar-refractivity contribution >= 4 is 44.5 Å². The molecule has 2 heterocycles. The van der Waals surface area contributed by atoms with Crippen molar-refractivity contribution in [1.29, 1.82) is 26.3 Å². The van der Waals surface area contributed by atoms with E-state index in [1.165, 1.54) is 12.4 Å². The maximum absolute atomic E-state index is 10.1. The maximum atomic E-state index is 10.1. The highest BCUT2D eigenvalue weighted by Gasteiger charge is 2.18. The molecule has 0 N–H and O–H groups in total. The number of hydrogen-bond acceptors (Lipinski definition) is 7. The Bertz CT molecular complexity index is 2550. The normalized spacial score (nSPS) is 12.5. The van der Waals surface area contributed by atoms with Gasteiger partial charge in [-0.1, -0.05) is 18.2 Å². The number of benzene rings is 3. The van der Waals surface area contributed by atoms with E-state index in [2.05, 4.69) is 24.5 Å².